The molecule has 1 amide bonds. The minimum absolute atomic E-state index is 0.0144. The van der Waals surface area contributed by atoms with Crippen LogP contribution >= 0.6 is 0 Å². The highest BCUT2D eigenvalue weighted by Gasteiger charge is 2.28. The molecule has 1 heterocycles. The maximum absolute atomic E-state index is 11.7. The number of hydrogen-bond acceptors (Lipinski definition) is 6. The Labute approximate surface area is 100 Å². The van der Waals surface area contributed by atoms with Gasteiger partial charge in [-0.05, 0) is 0 Å². The van der Waals surface area contributed by atoms with Gasteiger partial charge in [0.15, 0.2) is 0 Å². The van der Waals surface area contributed by atoms with Crippen LogP contribution in [0.4, 0.5) is 17.1 Å². The quantitative estimate of drug-likeness (QED) is 0.587. The second-order valence-electron chi connectivity index (χ2n) is 3.58. The molecule has 0 fully saturated rings. The van der Waals surface area contributed by atoms with Gasteiger partial charge in [0.25, 0.3) is 17.3 Å². The summed E-state index contributed by atoms with van der Waals surface area (Å²) in [5.74, 6) is -0.568. The lowest BCUT2D eigenvalue weighted by molar-refractivity contribution is -0.393. The molecule has 0 saturated heterocycles. The molecule has 9 heteroatoms. The Balaban J connectivity index is 2.69. The fourth-order valence-corrected chi connectivity index (χ4v) is 1.68. The van der Waals surface area contributed by atoms with E-state index in [1.54, 1.807) is 0 Å². The van der Waals surface area contributed by atoms with Gasteiger partial charge in [-0.25, -0.2) is 0 Å². The van der Waals surface area contributed by atoms with Crippen molar-refractivity contribution in [3.05, 3.63) is 37.9 Å². The molecule has 9 nitrogen and oxygen atoms in total. The van der Waals surface area contributed by atoms with E-state index in [-0.39, 0.29) is 11.3 Å². The number of carbonyl (C=O) groups is 1. The molecule has 0 unspecified atom stereocenters. The molecule has 2 N–H and O–H groups in total. The standard InChI is InChI=1S/C9H8N4O5/c14-9-6-3-5(12(15)16)4-7(13(17)18)8(6)10-1-2-11-9/h3-4,10H,1-2H2,(H,11,14). The van der Waals surface area contributed by atoms with Crippen LogP contribution < -0.4 is 10.6 Å². The molecule has 1 aromatic rings. The highest BCUT2D eigenvalue weighted by molar-refractivity contribution is 6.03. The van der Waals surface area contributed by atoms with E-state index < -0.39 is 27.1 Å². The largest absolute Gasteiger partial charge is 0.377 e. The highest BCUT2D eigenvalue weighted by Crippen LogP contribution is 2.33. The molecular weight excluding hydrogens is 244 g/mol. The van der Waals surface area contributed by atoms with Crippen molar-refractivity contribution in [3.8, 4) is 0 Å². The Morgan fingerprint density at radius 3 is 2.33 bits per heavy atom. The first-order chi connectivity index (χ1) is 8.50. The third kappa shape index (κ3) is 1.93. The van der Waals surface area contributed by atoms with Gasteiger partial charge in [0.1, 0.15) is 5.69 Å². The predicted molar refractivity (Wildman–Crippen MR) is 60.6 cm³/mol. The van der Waals surface area contributed by atoms with Crippen LogP contribution in [0.2, 0.25) is 0 Å². The number of fused-ring (bicyclic) bond motifs is 1. The number of nitro benzene ring substituents is 2. The molecule has 0 bridgehead atoms. The van der Waals surface area contributed by atoms with Crippen LogP contribution in [0.25, 0.3) is 0 Å². The molecule has 94 valence electrons. The third-order valence-corrected chi connectivity index (χ3v) is 2.47. The van der Waals surface area contributed by atoms with E-state index in [4.69, 9.17) is 0 Å². The summed E-state index contributed by atoms with van der Waals surface area (Å²) in [6.45, 7) is 0.607. The molecule has 0 radical (unpaired) electrons. The zero-order chi connectivity index (χ0) is 13.3. The fraction of sp³-hybridized carbons (Fsp3) is 0.222. The zero-order valence-electron chi connectivity index (χ0n) is 9.00. The molecule has 0 aliphatic carbocycles. The van der Waals surface area contributed by atoms with Gasteiger partial charge < -0.3 is 10.6 Å². The van der Waals surface area contributed by atoms with Crippen molar-refractivity contribution in [2.75, 3.05) is 18.4 Å². The predicted octanol–water partition coefficient (Wildman–Crippen LogP) is 0.658. The van der Waals surface area contributed by atoms with Crippen molar-refractivity contribution in [2.24, 2.45) is 0 Å². The monoisotopic (exact) mass is 252 g/mol. The van der Waals surface area contributed by atoms with E-state index >= 15 is 0 Å². The van der Waals surface area contributed by atoms with Gasteiger partial charge in [0, 0.05) is 19.2 Å². The van der Waals surface area contributed by atoms with Gasteiger partial charge in [-0.3, -0.25) is 25.0 Å². The molecule has 18 heavy (non-hydrogen) atoms. The first kappa shape index (κ1) is 11.8. The summed E-state index contributed by atoms with van der Waals surface area (Å²) in [6.07, 6.45) is 0. The van der Waals surface area contributed by atoms with Crippen molar-refractivity contribution >= 4 is 23.0 Å². The van der Waals surface area contributed by atoms with E-state index in [0.29, 0.717) is 13.1 Å². The number of nitrogens with zero attached hydrogens (tertiary/aromatic N) is 2. The summed E-state index contributed by atoms with van der Waals surface area (Å²) >= 11 is 0. The fourth-order valence-electron chi connectivity index (χ4n) is 1.68. The SMILES string of the molecule is O=C1NCCNc2c1cc([N+](=O)[O-])cc2[N+](=O)[O-]. The first-order valence-corrected chi connectivity index (χ1v) is 4.99. The molecule has 1 aliphatic rings. The Kier molecular flexibility index (Phi) is 2.80. The summed E-state index contributed by atoms with van der Waals surface area (Å²) in [4.78, 5) is 31.7. The molecule has 2 rings (SSSR count). The normalized spacial score (nSPS) is 13.9. The minimum Gasteiger partial charge on any atom is -0.377 e. The maximum Gasteiger partial charge on any atom is 0.300 e. The number of nitro groups is 2. The van der Waals surface area contributed by atoms with Crippen molar-refractivity contribution in [1.29, 1.82) is 0 Å². The third-order valence-electron chi connectivity index (χ3n) is 2.47. The van der Waals surface area contributed by atoms with Crippen molar-refractivity contribution in [3.63, 3.8) is 0 Å². The van der Waals surface area contributed by atoms with Crippen LogP contribution in [0.5, 0.6) is 0 Å². The van der Waals surface area contributed by atoms with Gasteiger partial charge in [0.2, 0.25) is 0 Å². The van der Waals surface area contributed by atoms with Gasteiger partial charge in [-0.15, -0.1) is 0 Å². The van der Waals surface area contributed by atoms with Crippen molar-refractivity contribution in [1.82, 2.24) is 5.32 Å². The van der Waals surface area contributed by atoms with Crippen LogP contribution in [0, 0.1) is 20.2 Å². The van der Waals surface area contributed by atoms with E-state index in [1.165, 1.54) is 0 Å². The second kappa shape index (κ2) is 4.28. The molecule has 0 spiro atoms. The van der Waals surface area contributed by atoms with Gasteiger partial charge in [-0.1, -0.05) is 0 Å². The lowest BCUT2D eigenvalue weighted by Crippen LogP contribution is -2.24. The average Bonchev–Trinajstić information content (AvgIpc) is 2.50. The number of rotatable bonds is 2. The Bertz CT molecular complexity index is 556. The molecule has 0 aromatic heterocycles. The number of carbonyl (C=O) groups excluding carboxylic acids is 1. The molecule has 0 atom stereocenters. The Morgan fingerprint density at radius 2 is 1.72 bits per heavy atom. The Morgan fingerprint density at radius 1 is 1.06 bits per heavy atom. The zero-order valence-corrected chi connectivity index (χ0v) is 9.00. The van der Waals surface area contributed by atoms with Crippen LogP contribution in [-0.4, -0.2) is 28.8 Å². The number of non-ortho nitro benzene ring substituents is 1. The van der Waals surface area contributed by atoms with E-state index in [2.05, 4.69) is 10.6 Å². The Hall–Kier alpha value is -2.71. The number of nitrogens with one attached hydrogen (secondary N) is 2. The second-order valence-corrected chi connectivity index (χ2v) is 3.58. The summed E-state index contributed by atoms with van der Waals surface area (Å²) in [5.41, 5.74) is -1.04. The van der Waals surface area contributed by atoms with Gasteiger partial charge in [0.05, 0.1) is 21.5 Å². The van der Waals surface area contributed by atoms with E-state index in [9.17, 15) is 25.0 Å². The van der Waals surface area contributed by atoms with Crippen LogP contribution in [0.15, 0.2) is 12.1 Å². The minimum atomic E-state index is -0.772. The van der Waals surface area contributed by atoms with Gasteiger partial charge in [-0.2, -0.15) is 0 Å². The lowest BCUT2D eigenvalue weighted by Gasteiger charge is -2.06. The van der Waals surface area contributed by atoms with Crippen molar-refractivity contribution in [2.45, 2.75) is 0 Å². The number of amides is 1. The average molecular weight is 252 g/mol. The van der Waals surface area contributed by atoms with E-state index in [1.807, 2.05) is 0 Å². The van der Waals surface area contributed by atoms with E-state index in [0.717, 1.165) is 12.1 Å². The lowest BCUT2D eigenvalue weighted by atomic mass is 10.1. The summed E-state index contributed by atoms with van der Waals surface area (Å²) in [7, 11) is 0. The molecule has 1 aromatic carbocycles. The van der Waals surface area contributed by atoms with Crippen LogP contribution in [-0.2, 0) is 0 Å². The smallest absolute Gasteiger partial charge is 0.300 e. The number of benzene rings is 1. The highest BCUT2D eigenvalue weighted by atomic mass is 16.6. The maximum atomic E-state index is 11.7. The van der Waals surface area contributed by atoms with Crippen LogP contribution in [0.1, 0.15) is 10.4 Å². The molecule has 0 saturated carbocycles. The summed E-state index contributed by atoms with van der Waals surface area (Å²) < 4.78 is 0. The molecule has 1 aliphatic heterocycles. The summed E-state index contributed by atoms with van der Waals surface area (Å²) in [6, 6.07) is 1.86. The molecular formula is C9H8N4O5. The van der Waals surface area contributed by atoms with Crippen molar-refractivity contribution < 1.29 is 14.6 Å². The van der Waals surface area contributed by atoms with Crippen LogP contribution in [0.3, 0.4) is 0 Å². The topological polar surface area (TPSA) is 127 Å². The first-order valence-electron chi connectivity index (χ1n) is 4.99. The number of hydrogen-bond donors (Lipinski definition) is 2. The summed E-state index contributed by atoms with van der Waals surface area (Å²) in [5, 5.41) is 26.8. The number of anilines is 1. The van der Waals surface area contributed by atoms with Gasteiger partial charge >= 0.3 is 0 Å².